The zero-order valence-electron chi connectivity index (χ0n) is 16.6. The average molecular weight is 397 g/mol. The summed E-state index contributed by atoms with van der Waals surface area (Å²) >= 11 is 0. The van der Waals surface area contributed by atoms with Crippen molar-refractivity contribution in [2.45, 2.75) is 30.8 Å². The van der Waals surface area contributed by atoms with Gasteiger partial charge in [0.1, 0.15) is 11.5 Å². The standard InChI is InChI=1S/C23H27NO5/c1-27-21-5-3-2-4-18(21)23(9-12-28-13-10-23)22(26)24-15-19(25)16-6-7-20-17(14-16)8-11-29-20/h2-7,14,19,25H,8-13,15H2,1H3,(H,24,26)/t19-/m0/s1. The van der Waals surface area contributed by atoms with E-state index in [1.807, 2.05) is 42.5 Å². The monoisotopic (exact) mass is 397 g/mol. The number of aliphatic hydroxyl groups is 1. The lowest BCUT2D eigenvalue weighted by molar-refractivity contribution is -0.131. The molecule has 2 N–H and O–H groups in total. The number of benzene rings is 2. The van der Waals surface area contributed by atoms with Gasteiger partial charge in [-0.1, -0.05) is 24.3 Å². The van der Waals surface area contributed by atoms with Gasteiger partial charge in [0.15, 0.2) is 0 Å². The van der Waals surface area contributed by atoms with Gasteiger partial charge in [0, 0.05) is 31.7 Å². The number of nitrogens with one attached hydrogen (secondary N) is 1. The first-order valence-corrected chi connectivity index (χ1v) is 10.1. The first-order valence-electron chi connectivity index (χ1n) is 10.1. The van der Waals surface area contributed by atoms with Gasteiger partial charge in [-0.15, -0.1) is 0 Å². The topological polar surface area (TPSA) is 77.0 Å². The maximum Gasteiger partial charge on any atom is 0.231 e. The number of aliphatic hydroxyl groups excluding tert-OH is 1. The van der Waals surface area contributed by atoms with Gasteiger partial charge in [0.2, 0.25) is 5.91 Å². The highest BCUT2D eigenvalue weighted by atomic mass is 16.5. The third-order valence-electron chi connectivity index (χ3n) is 5.96. The number of hydrogen-bond acceptors (Lipinski definition) is 5. The Hall–Kier alpha value is -2.57. The summed E-state index contributed by atoms with van der Waals surface area (Å²) in [5, 5.41) is 13.6. The number of carbonyl (C=O) groups excluding carboxylic acids is 1. The minimum absolute atomic E-state index is 0.103. The predicted molar refractivity (Wildman–Crippen MR) is 108 cm³/mol. The summed E-state index contributed by atoms with van der Waals surface area (Å²) in [6.45, 7) is 1.85. The summed E-state index contributed by atoms with van der Waals surface area (Å²) in [5.41, 5.74) is 2.03. The molecule has 2 heterocycles. The van der Waals surface area contributed by atoms with E-state index in [9.17, 15) is 9.90 Å². The van der Waals surface area contributed by atoms with E-state index in [-0.39, 0.29) is 12.5 Å². The number of fused-ring (bicyclic) bond motifs is 1. The Bertz CT molecular complexity index is 875. The van der Waals surface area contributed by atoms with E-state index in [2.05, 4.69) is 5.32 Å². The Balaban J connectivity index is 1.51. The molecule has 0 aliphatic carbocycles. The zero-order valence-corrected chi connectivity index (χ0v) is 16.6. The van der Waals surface area contributed by atoms with Gasteiger partial charge in [-0.2, -0.15) is 0 Å². The van der Waals surface area contributed by atoms with Crippen molar-refractivity contribution in [1.29, 1.82) is 0 Å². The van der Waals surface area contributed by atoms with E-state index in [1.54, 1.807) is 7.11 Å². The molecule has 1 fully saturated rings. The van der Waals surface area contributed by atoms with Gasteiger partial charge in [-0.3, -0.25) is 4.79 Å². The minimum Gasteiger partial charge on any atom is -0.496 e. The number of amides is 1. The maximum absolute atomic E-state index is 13.4. The first kappa shape index (κ1) is 19.7. The molecular weight excluding hydrogens is 370 g/mol. The lowest BCUT2D eigenvalue weighted by Crippen LogP contribution is -2.49. The van der Waals surface area contributed by atoms with E-state index in [0.717, 1.165) is 28.9 Å². The molecule has 2 aromatic carbocycles. The third-order valence-corrected chi connectivity index (χ3v) is 5.96. The fraction of sp³-hybridized carbons (Fsp3) is 0.435. The fourth-order valence-electron chi connectivity index (χ4n) is 4.27. The molecule has 2 aliphatic rings. The van der Waals surface area contributed by atoms with Crippen LogP contribution in [0, 0.1) is 0 Å². The molecule has 154 valence electrons. The molecule has 2 aliphatic heterocycles. The second kappa shape index (κ2) is 8.43. The number of hydrogen-bond donors (Lipinski definition) is 2. The van der Waals surface area contributed by atoms with Crippen LogP contribution in [0.25, 0.3) is 0 Å². The van der Waals surface area contributed by atoms with Gasteiger partial charge >= 0.3 is 0 Å². The van der Waals surface area contributed by atoms with E-state index in [1.165, 1.54) is 0 Å². The molecule has 1 saturated heterocycles. The molecule has 0 aromatic heterocycles. The Labute approximate surface area is 170 Å². The maximum atomic E-state index is 13.4. The third kappa shape index (κ3) is 3.82. The summed E-state index contributed by atoms with van der Waals surface area (Å²) in [4.78, 5) is 13.4. The highest BCUT2D eigenvalue weighted by Crippen LogP contribution is 2.40. The summed E-state index contributed by atoms with van der Waals surface area (Å²) in [5.74, 6) is 1.47. The van der Waals surface area contributed by atoms with Crippen molar-refractivity contribution in [3.63, 3.8) is 0 Å². The van der Waals surface area contributed by atoms with Crippen molar-refractivity contribution < 1.29 is 24.1 Å². The molecule has 0 spiro atoms. The molecular formula is C23H27NO5. The van der Waals surface area contributed by atoms with Crippen LogP contribution in [0.1, 0.15) is 35.6 Å². The predicted octanol–water partition coefficient (Wildman–Crippen LogP) is 2.53. The van der Waals surface area contributed by atoms with Crippen LogP contribution >= 0.6 is 0 Å². The molecule has 29 heavy (non-hydrogen) atoms. The molecule has 0 radical (unpaired) electrons. The van der Waals surface area contributed by atoms with Crippen LogP contribution in [0.3, 0.4) is 0 Å². The zero-order chi connectivity index (χ0) is 20.3. The normalized spacial score (nSPS) is 18.4. The number of carbonyl (C=O) groups is 1. The Morgan fingerprint density at radius 2 is 2.00 bits per heavy atom. The average Bonchev–Trinajstić information content (AvgIpc) is 3.25. The van der Waals surface area contributed by atoms with E-state index < -0.39 is 11.5 Å². The molecule has 0 bridgehead atoms. The van der Waals surface area contributed by atoms with Crippen LogP contribution in [-0.2, 0) is 21.4 Å². The van der Waals surface area contributed by atoms with Crippen molar-refractivity contribution >= 4 is 5.91 Å². The Kier molecular flexibility index (Phi) is 5.74. The van der Waals surface area contributed by atoms with Gasteiger partial charge in [0.25, 0.3) is 0 Å². The smallest absolute Gasteiger partial charge is 0.231 e. The molecule has 0 saturated carbocycles. The lowest BCUT2D eigenvalue weighted by Gasteiger charge is -2.37. The second-order valence-electron chi connectivity index (χ2n) is 7.59. The molecule has 6 nitrogen and oxygen atoms in total. The van der Waals surface area contributed by atoms with Crippen molar-refractivity contribution in [3.05, 3.63) is 59.2 Å². The second-order valence-corrected chi connectivity index (χ2v) is 7.59. The summed E-state index contributed by atoms with van der Waals surface area (Å²) < 4.78 is 16.6. The van der Waals surface area contributed by atoms with Crippen LogP contribution in [0.4, 0.5) is 0 Å². The highest BCUT2D eigenvalue weighted by molar-refractivity contribution is 5.89. The van der Waals surface area contributed by atoms with Gasteiger partial charge in [-0.05, 0) is 42.2 Å². The van der Waals surface area contributed by atoms with E-state index in [0.29, 0.717) is 38.4 Å². The number of methoxy groups -OCH3 is 1. The molecule has 0 unspecified atom stereocenters. The minimum atomic E-state index is -0.778. The molecule has 4 rings (SSSR count). The van der Waals surface area contributed by atoms with Crippen molar-refractivity contribution in [2.75, 3.05) is 33.5 Å². The molecule has 6 heteroatoms. The Morgan fingerprint density at radius 1 is 1.21 bits per heavy atom. The highest BCUT2D eigenvalue weighted by Gasteiger charge is 2.43. The van der Waals surface area contributed by atoms with Gasteiger partial charge in [0.05, 0.1) is 25.2 Å². The summed E-state index contributed by atoms with van der Waals surface area (Å²) in [7, 11) is 1.62. The van der Waals surface area contributed by atoms with Crippen LogP contribution in [0.2, 0.25) is 0 Å². The van der Waals surface area contributed by atoms with Crippen molar-refractivity contribution in [1.82, 2.24) is 5.32 Å². The van der Waals surface area contributed by atoms with Crippen LogP contribution < -0.4 is 14.8 Å². The molecule has 1 atom stereocenters. The number of ether oxygens (including phenoxy) is 3. The molecule has 2 aromatic rings. The fourth-order valence-corrected chi connectivity index (χ4v) is 4.27. The van der Waals surface area contributed by atoms with Crippen molar-refractivity contribution in [3.8, 4) is 11.5 Å². The summed E-state index contributed by atoms with van der Waals surface area (Å²) in [6, 6.07) is 13.3. The van der Waals surface area contributed by atoms with Crippen LogP contribution in [0.5, 0.6) is 11.5 Å². The van der Waals surface area contributed by atoms with E-state index in [4.69, 9.17) is 14.2 Å². The van der Waals surface area contributed by atoms with Gasteiger partial charge < -0.3 is 24.6 Å². The SMILES string of the molecule is COc1ccccc1C1(C(=O)NC[C@H](O)c2ccc3c(c2)CCO3)CCOCC1. The van der Waals surface area contributed by atoms with Crippen LogP contribution in [-0.4, -0.2) is 44.5 Å². The lowest BCUT2D eigenvalue weighted by atomic mass is 9.73. The largest absolute Gasteiger partial charge is 0.496 e. The van der Waals surface area contributed by atoms with Crippen molar-refractivity contribution in [2.24, 2.45) is 0 Å². The summed E-state index contributed by atoms with van der Waals surface area (Å²) in [6.07, 6.45) is 1.22. The molecule has 1 amide bonds. The van der Waals surface area contributed by atoms with E-state index >= 15 is 0 Å². The quantitative estimate of drug-likeness (QED) is 0.783. The Morgan fingerprint density at radius 3 is 2.79 bits per heavy atom. The van der Waals surface area contributed by atoms with Crippen LogP contribution in [0.15, 0.2) is 42.5 Å². The number of para-hydroxylation sites is 1. The number of rotatable bonds is 6. The van der Waals surface area contributed by atoms with Gasteiger partial charge in [-0.25, -0.2) is 0 Å². The first-order chi connectivity index (χ1) is 14.1.